The number of benzene rings is 2. The van der Waals surface area contributed by atoms with E-state index in [0.717, 1.165) is 35.3 Å². The zero-order valence-corrected chi connectivity index (χ0v) is 18.6. The number of esters is 1. The molecule has 0 bridgehead atoms. The first kappa shape index (κ1) is 20.9. The maximum Gasteiger partial charge on any atom is 0.326 e. The van der Waals surface area contributed by atoms with Gasteiger partial charge in [0.05, 0.1) is 11.0 Å². The summed E-state index contributed by atoms with van der Waals surface area (Å²) in [5, 5.41) is 0.673. The van der Waals surface area contributed by atoms with Crippen molar-refractivity contribution < 1.29 is 9.53 Å². The second-order valence-corrected chi connectivity index (χ2v) is 9.31. The first-order chi connectivity index (χ1) is 14.4. The van der Waals surface area contributed by atoms with Crippen LogP contribution in [0.15, 0.2) is 48.5 Å². The first-order valence-electron chi connectivity index (χ1n) is 10.8. The van der Waals surface area contributed by atoms with Gasteiger partial charge in [-0.2, -0.15) is 0 Å². The maximum absolute atomic E-state index is 13.0. The molecule has 3 aromatic rings. The zero-order chi connectivity index (χ0) is 21.3. The second-order valence-electron chi connectivity index (χ2n) is 8.87. The third-order valence-corrected chi connectivity index (χ3v) is 6.54. The Morgan fingerprint density at radius 3 is 2.63 bits per heavy atom. The summed E-state index contributed by atoms with van der Waals surface area (Å²) in [7, 11) is 0. The number of hydrogen-bond acceptors (Lipinski definition) is 3. The van der Waals surface area contributed by atoms with Crippen molar-refractivity contribution in [1.82, 2.24) is 9.55 Å². The largest absolute Gasteiger partial charge is 0.461 e. The molecule has 1 unspecified atom stereocenters. The fourth-order valence-corrected chi connectivity index (χ4v) is 4.77. The van der Waals surface area contributed by atoms with Crippen LogP contribution >= 0.6 is 11.6 Å². The minimum atomic E-state index is -0.196. The van der Waals surface area contributed by atoms with E-state index in [1.807, 2.05) is 53.1 Å². The predicted octanol–water partition coefficient (Wildman–Crippen LogP) is 6.36. The molecule has 30 heavy (non-hydrogen) atoms. The summed E-state index contributed by atoms with van der Waals surface area (Å²) in [6, 6.07) is 15.4. The number of aromatic nitrogens is 2. The van der Waals surface area contributed by atoms with Gasteiger partial charge < -0.3 is 9.30 Å². The molecule has 4 rings (SSSR count). The number of para-hydroxylation sites is 2. The quantitative estimate of drug-likeness (QED) is 0.447. The lowest BCUT2D eigenvalue weighted by molar-refractivity contribution is -0.156. The molecule has 1 aliphatic carbocycles. The molecule has 0 saturated heterocycles. The van der Waals surface area contributed by atoms with E-state index in [2.05, 4.69) is 20.8 Å². The molecular weight excluding hydrogens is 396 g/mol. The third-order valence-electron chi connectivity index (χ3n) is 6.29. The number of halogens is 1. The van der Waals surface area contributed by atoms with Gasteiger partial charge in [-0.25, -0.2) is 4.98 Å². The van der Waals surface area contributed by atoms with Gasteiger partial charge in [0.25, 0.3) is 0 Å². The Bertz CT molecular complexity index is 1030. The highest BCUT2D eigenvalue weighted by Gasteiger charge is 2.33. The van der Waals surface area contributed by atoms with Gasteiger partial charge in [-0.15, -0.1) is 0 Å². The molecule has 0 spiro atoms. The number of carbonyl (C=O) groups is 1. The molecule has 1 aromatic heterocycles. The van der Waals surface area contributed by atoms with E-state index in [1.165, 1.54) is 6.42 Å². The van der Waals surface area contributed by atoms with Crippen LogP contribution in [0.2, 0.25) is 5.02 Å². The lowest BCUT2D eigenvalue weighted by Gasteiger charge is -2.36. The Morgan fingerprint density at radius 2 is 1.90 bits per heavy atom. The van der Waals surface area contributed by atoms with Gasteiger partial charge in [-0.1, -0.05) is 50.9 Å². The zero-order valence-electron chi connectivity index (χ0n) is 17.8. The van der Waals surface area contributed by atoms with Crippen LogP contribution in [-0.4, -0.2) is 21.6 Å². The van der Waals surface area contributed by atoms with Crippen molar-refractivity contribution in [3.63, 3.8) is 0 Å². The molecule has 1 aliphatic rings. The molecule has 0 N–H and O–H groups in total. The van der Waals surface area contributed by atoms with Crippen LogP contribution in [-0.2, 0) is 16.1 Å². The van der Waals surface area contributed by atoms with Crippen LogP contribution in [0, 0.1) is 17.8 Å². The van der Waals surface area contributed by atoms with Crippen molar-refractivity contribution in [2.75, 3.05) is 0 Å². The highest BCUT2D eigenvalue weighted by Crippen LogP contribution is 2.35. The molecule has 1 saturated carbocycles. The van der Waals surface area contributed by atoms with Gasteiger partial charge in [0.1, 0.15) is 18.5 Å². The van der Waals surface area contributed by atoms with Crippen LogP contribution in [0.25, 0.3) is 22.4 Å². The van der Waals surface area contributed by atoms with Crippen molar-refractivity contribution in [1.29, 1.82) is 0 Å². The standard InChI is InChI=1S/C25H29ClN2O2/c1-16(2)20-13-8-17(3)14-23(20)30-24(29)15-28-22-7-5-4-6-21(22)27-25(28)18-9-11-19(26)12-10-18/h4-7,9-12,16-17,20,23H,8,13-15H2,1-3H3/t17-,20?,23-/m1/s1. The van der Waals surface area contributed by atoms with Crippen molar-refractivity contribution in [3.8, 4) is 11.4 Å². The number of fused-ring (bicyclic) bond motifs is 1. The lowest BCUT2D eigenvalue weighted by Crippen LogP contribution is -2.36. The smallest absolute Gasteiger partial charge is 0.326 e. The Hall–Kier alpha value is -2.33. The molecule has 3 atom stereocenters. The summed E-state index contributed by atoms with van der Waals surface area (Å²) in [5.41, 5.74) is 2.72. The first-order valence-corrected chi connectivity index (χ1v) is 11.2. The minimum absolute atomic E-state index is 0.00461. The molecular formula is C25H29ClN2O2. The number of carbonyl (C=O) groups excluding carboxylic acids is 1. The third kappa shape index (κ3) is 4.39. The molecule has 0 amide bonds. The van der Waals surface area contributed by atoms with E-state index in [-0.39, 0.29) is 18.6 Å². The highest BCUT2D eigenvalue weighted by atomic mass is 35.5. The Balaban J connectivity index is 1.62. The van der Waals surface area contributed by atoms with Gasteiger partial charge in [0.2, 0.25) is 0 Å². The van der Waals surface area contributed by atoms with Crippen LogP contribution in [0.1, 0.15) is 40.0 Å². The fourth-order valence-electron chi connectivity index (χ4n) is 4.64. The SMILES string of the molecule is CC(C)C1CC[C@@H](C)C[C@H]1OC(=O)Cn1c(-c2ccc(Cl)cc2)nc2ccccc21. The monoisotopic (exact) mass is 424 g/mol. The molecule has 0 radical (unpaired) electrons. The molecule has 4 nitrogen and oxygen atoms in total. The van der Waals surface area contributed by atoms with Crippen molar-refractivity contribution >= 4 is 28.6 Å². The Morgan fingerprint density at radius 1 is 1.17 bits per heavy atom. The summed E-state index contributed by atoms with van der Waals surface area (Å²) in [6.45, 7) is 6.85. The van der Waals surface area contributed by atoms with Gasteiger partial charge >= 0.3 is 5.97 Å². The number of imidazole rings is 1. The van der Waals surface area contributed by atoms with Crippen LogP contribution in [0.3, 0.4) is 0 Å². The maximum atomic E-state index is 13.0. The topological polar surface area (TPSA) is 44.1 Å². The van der Waals surface area contributed by atoms with Crippen molar-refractivity contribution in [2.45, 2.75) is 52.7 Å². The van der Waals surface area contributed by atoms with E-state index >= 15 is 0 Å². The number of rotatable bonds is 5. The predicted molar refractivity (Wildman–Crippen MR) is 121 cm³/mol. The second kappa shape index (κ2) is 8.81. The van der Waals surface area contributed by atoms with Gasteiger partial charge in [-0.05, 0) is 67.0 Å². The summed E-state index contributed by atoms with van der Waals surface area (Å²) >= 11 is 6.06. The number of hydrogen-bond donors (Lipinski definition) is 0. The molecule has 158 valence electrons. The minimum Gasteiger partial charge on any atom is -0.461 e. The summed E-state index contributed by atoms with van der Waals surface area (Å²) in [5.74, 6) is 2.09. The average Bonchev–Trinajstić information content (AvgIpc) is 3.07. The van der Waals surface area contributed by atoms with Gasteiger partial charge in [0, 0.05) is 10.6 Å². The van der Waals surface area contributed by atoms with Gasteiger partial charge in [0.15, 0.2) is 0 Å². The number of nitrogens with zero attached hydrogens (tertiary/aromatic N) is 2. The summed E-state index contributed by atoms with van der Waals surface area (Å²) in [6.07, 6.45) is 3.28. The average molecular weight is 425 g/mol. The molecule has 1 fully saturated rings. The molecule has 5 heteroatoms. The van der Waals surface area contributed by atoms with E-state index in [4.69, 9.17) is 21.3 Å². The normalized spacial score (nSPS) is 21.8. The summed E-state index contributed by atoms with van der Waals surface area (Å²) in [4.78, 5) is 17.8. The van der Waals surface area contributed by atoms with Crippen LogP contribution < -0.4 is 0 Å². The van der Waals surface area contributed by atoms with E-state index in [1.54, 1.807) is 0 Å². The Kier molecular flexibility index (Phi) is 6.14. The fraction of sp³-hybridized carbons (Fsp3) is 0.440. The molecule has 0 aliphatic heterocycles. The van der Waals surface area contributed by atoms with Crippen LogP contribution in [0.5, 0.6) is 0 Å². The van der Waals surface area contributed by atoms with Crippen molar-refractivity contribution in [3.05, 3.63) is 53.6 Å². The number of ether oxygens (including phenoxy) is 1. The lowest BCUT2D eigenvalue weighted by atomic mass is 9.75. The Labute approximate surface area is 183 Å². The highest BCUT2D eigenvalue weighted by molar-refractivity contribution is 6.30. The molecule has 2 aromatic carbocycles. The van der Waals surface area contributed by atoms with Gasteiger partial charge in [-0.3, -0.25) is 4.79 Å². The van der Waals surface area contributed by atoms with Crippen molar-refractivity contribution in [2.24, 2.45) is 17.8 Å². The van der Waals surface area contributed by atoms with E-state index in [0.29, 0.717) is 22.8 Å². The van der Waals surface area contributed by atoms with E-state index < -0.39 is 0 Å². The van der Waals surface area contributed by atoms with E-state index in [9.17, 15) is 4.79 Å². The van der Waals surface area contributed by atoms with Crippen LogP contribution in [0.4, 0.5) is 0 Å². The molecule has 1 heterocycles. The summed E-state index contributed by atoms with van der Waals surface area (Å²) < 4.78 is 8.02.